The highest BCUT2D eigenvalue weighted by Gasteiger charge is 2.31. The molecule has 0 spiro atoms. The average Bonchev–Trinajstić information content (AvgIpc) is 2.51. The van der Waals surface area contributed by atoms with Crippen molar-refractivity contribution >= 4 is 5.91 Å². The number of hydrogen-bond donors (Lipinski definition) is 1. The number of hydrogen-bond acceptors (Lipinski definition) is 2. The first-order valence-corrected chi connectivity index (χ1v) is 4.97. The summed E-state index contributed by atoms with van der Waals surface area (Å²) in [5.41, 5.74) is 5.76. The summed E-state index contributed by atoms with van der Waals surface area (Å²) in [5, 5.41) is 0. The van der Waals surface area contributed by atoms with Crippen molar-refractivity contribution < 1.29 is 4.79 Å². The SMILES string of the molecule is CC(C)(C)C(N)C(=O)N1CCCC1. The van der Waals surface area contributed by atoms with Gasteiger partial charge in [0.2, 0.25) is 5.91 Å². The summed E-state index contributed by atoms with van der Waals surface area (Å²) in [7, 11) is 0. The summed E-state index contributed by atoms with van der Waals surface area (Å²) in [6, 6.07) is -0.356. The van der Waals surface area contributed by atoms with E-state index in [1.165, 1.54) is 0 Å². The van der Waals surface area contributed by atoms with Gasteiger partial charge in [0.1, 0.15) is 0 Å². The zero-order valence-electron chi connectivity index (χ0n) is 8.84. The van der Waals surface area contributed by atoms with Gasteiger partial charge in [-0.25, -0.2) is 0 Å². The van der Waals surface area contributed by atoms with Gasteiger partial charge < -0.3 is 10.6 Å². The van der Waals surface area contributed by atoms with Crippen molar-refractivity contribution in [3.63, 3.8) is 0 Å². The van der Waals surface area contributed by atoms with E-state index in [9.17, 15) is 4.79 Å². The Kier molecular flexibility index (Phi) is 2.96. The molecule has 76 valence electrons. The Labute approximate surface area is 80.3 Å². The Morgan fingerprint density at radius 1 is 1.31 bits per heavy atom. The topological polar surface area (TPSA) is 46.3 Å². The quantitative estimate of drug-likeness (QED) is 0.660. The van der Waals surface area contributed by atoms with Crippen LogP contribution in [0.4, 0.5) is 0 Å². The lowest BCUT2D eigenvalue weighted by atomic mass is 9.86. The van der Waals surface area contributed by atoms with E-state index < -0.39 is 0 Å². The van der Waals surface area contributed by atoms with E-state index in [1.807, 2.05) is 25.7 Å². The lowest BCUT2D eigenvalue weighted by Crippen LogP contribution is -2.49. The van der Waals surface area contributed by atoms with E-state index in [0.29, 0.717) is 0 Å². The van der Waals surface area contributed by atoms with Crippen molar-refractivity contribution in [1.29, 1.82) is 0 Å². The second kappa shape index (κ2) is 3.66. The van der Waals surface area contributed by atoms with E-state index in [1.54, 1.807) is 0 Å². The minimum absolute atomic E-state index is 0.116. The van der Waals surface area contributed by atoms with Crippen LogP contribution in [-0.4, -0.2) is 29.9 Å². The van der Waals surface area contributed by atoms with Gasteiger partial charge in [-0.15, -0.1) is 0 Å². The Morgan fingerprint density at radius 3 is 2.15 bits per heavy atom. The van der Waals surface area contributed by atoms with Crippen molar-refractivity contribution in [1.82, 2.24) is 4.90 Å². The fourth-order valence-electron chi connectivity index (χ4n) is 1.50. The highest BCUT2D eigenvalue weighted by atomic mass is 16.2. The van der Waals surface area contributed by atoms with Crippen molar-refractivity contribution in [2.24, 2.45) is 11.1 Å². The van der Waals surface area contributed by atoms with Crippen molar-refractivity contribution in [3.8, 4) is 0 Å². The number of nitrogens with two attached hydrogens (primary N) is 1. The van der Waals surface area contributed by atoms with Crippen LogP contribution in [0.25, 0.3) is 0 Å². The molecule has 1 rings (SSSR count). The molecule has 0 radical (unpaired) electrons. The molecule has 1 heterocycles. The number of carbonyl (C=O) groups is 1. The molecule has 2 N–H and O–H groups in total. The fraction of sp³-hybridized carbons (Fsp3) is 0.900. The molecule has 0 bridgehead atoms. The zero-order valence-corrected chi connectivity index (χ0v) is 8.84. The molecule has 0 aromatic heterocycles. The third-order valence-electron chi connectivity index (χ3n) is 2.62. The normalized spacial score (nSPS) is 20.5. The standard InChI is InChI=1S/C10H20N2O/c1-10(2,3)8(11)9(13)12-6-4-5-7-12/h8H,4-7,11H2,1-3H3. The van der Waals surface area contributed by atoms with Crippen LogP contribution in [0.5, 0.6) is 0 Å². The number of rotatable bonds is 1. The lowest BCUT2D eigenvalue weighted by molar-refractivity contribution is -0.133. The molecule has 1 unspecified atom stereocenters. The molecule has 1 aliphatic rings. The van der Waals surface area contributed by atoms with Crippen LogP contribution in [0.2, 0.25) is 0 Å². The smallest absolute Gasteiger partial charge is 0.240 e. The first kappa shape index (κ1) is 10.5. The van der Waals surface area contributed by atoms with Gasteiger partial charge in [0.25, 0.3) is 0 Å². The molecule has 1 saturated heterocycles. The van der Waals surface area contributed by atoms with Crippen molar-refractivity contribution in [3.05, 3.63) is 0 Å². The average molecular weight is 184 g/mol. The molecular formula is C10H20N2O. The second-order valence-electron chi connectivity index (χ2n) is 4.88. The van der Waals surface area contributed by atoms with Crippen molar-refractivity contribution in [2.75, 3.05) is 13.1 Å². The van der Waals surface area contributed by atoms with Gasteiger partial charge in [-0.1, -0.05) is 20.8 Å². The maximum atomic E-state index is 11.8. The van der Waals surface area contributed by atoms with E-state index >= 15 is 0 Å². The number of amides is 1. The molecular weight excluding hydrogens is 164 g/mol. The monoisotopic (exact) mass is 184 g/mol. The van der Waals surface area contributed by atoms with Crippen LogP contribution in [0.15, 0.2) is 0 Å². The molecule has 13 heavy (non-hydrogen) atoms. The van der Waals surface area contributed by atoms with Crippen LogP contribution in [0.1, 0.15) is 33.6 Å². The van der Waals surface area contributed by atoms with Gasteiger partial charge in [0.15, 0.2) is 0 Å². The Morgan fingerprint density at radius 2 is 1.77 bits per heavy atom. The Balaban J connectivity index is 2.56. The first-order valence-electron chi connectivity index (χ1n) is 4.97. The van der Waals surface area contributed by atoms with E-state index in [4.69, 9.17) is 5.73 Å². The molecule has 1 fully saturated rings. The Bertz CT molecular complexity index is 190. The molecule has 1 aliphatic heterocycles. The summed E-state index contributed by atoms with van der Waals surface area (Å²) in [5.74, 6) is 0.116. The lowest BCUT2D eigenvalue weighted by Gasteiger charge is -2.29. The summed E-state index contributed by atoms with van der Waals surface area (Å²) < 4.78 is 0. The van der Waals surface area contributed by atoms with Gasteiger partial charge in [-0.05, 0) is 18.3 Å². The van der Waals surface area contributed by atoms with Crippen molar-refractivity contribution in [2.45, 2.75) is 39.7 Å². The third-order valence-corrected chi connectivity index (χ3v) is 2.62. The van der Waals surface area contributed by atoms with Crippen LogP contribution in [-0.2, 0) is 4.79 Å². The minimum atomic E-state index is -0.356. The summed E-state index contributed by atoms with van der Waals surface area (Å²) in [6.07, 6.45) is 2.26. The molecule has 1 amide bonds. The first-order chi connectivity index (χ1) is 5.93. The number of carbonyl (C=O) groups excluding carboxylic acids is 1. The third kappa shape index (κ3) is 2.44. The largest absolute Gasteiger partial charge is 0.341 e. The van der Waals surface area contributed by atoms with Gasteiger partial charge >= 0.3 is 0 Å². The van der Waals surface area contributed by atoms with E-state index in [2.05, 4.69) is 0 Å². The van der Waals surface area contributed by atoms with Gasteiger partial charge in [-0.3, -0.25) is 4.79 Å². The zero-order chi connectivity index (χ0) is 10.1. The fourth-order valence-corrected chi connectivity index (χ4v) is 1.50. The van der Waals surface area contributed by atoms with Crippen LogP contribution in [0, 0.1) is 5.41 Å². The van der Waals surface area contributed by atoms with E-state index in [0.717, 1.165) is 25.9 Å². The van der Waals surface area contributed by atoms with E-state index in [-0.39, 0.29) is 17.4 Å². The molecule has 0 aliphatic carbocycles. The molecule has 3 nitrogen and oxygen atoms in total. The summed E-state index contributed by atoms with van der Waals surface area (Å²) in [4.78, 5) is 13.7. The Hall–Kier alpha value is -0.570. The molecule has 0 aromatic carbocycles. The predicted octanol–water partition coefficient (Wildman–Crippen LogP) is 0.982. The summed E-state index contributed by atoms with van der Waals surface area (Å²) >= 11 is 0. The number of likely N-dealkylation sites (tertiary alicyclic amines) is 1. The number of nitrogens with zero attached hydrogens (tertiary/aromatic N) is 1. The minimum Gasteiger partial charge on any atom is -0.341 e. The maximum Gasteiger partial charge on any atom is 0.240 e. The molecule has 0 aromatic rings. The second-order valence-corrected chi connectivity index (χ2v) is 4.88. The molecule has 0 saturated carbocycles. The van der Waals surface area contributed by atoms with Crippen LogP contribution < -0.4 is 5.73 Å². The molecule has 1 atom stereocenters. The summed E-state index contributed by atoms with van der Waals surface area (Å²) in [6.45, 7) is 7.80. The van der Waals surface area contributed by atoms with Crippen LogP contribution in [0.3, 0.4) is 0 Å². The van der Waals surface area contributed by atoms with Gasteiger partial charge in [-0.2, -0.15) is 0 Å². The molecule has 3 heteroatoms. The van der Waals surface area contributed by atoms with Crippen LogP contribution >= 0.6 is 0 Å². The maximum absolute atomic E-state index is 11.8. The highest BCUT2D eigenvalue weighted by Crippen LogP contribution is 2.20. The van der Waals surface area contributed by atoms with Gasteiger partial charge in [0.05, 0.1) is 6.04 Å². The van der Waals surface area contributed by atoms with Gasteiger partial charge in [0, 0.05) is 13.1 Å². The highest BCUT2D eigenvalue weighted by molar-refractivity contribution is 5.82. The predicted molar refractivity (Wildman–Crippen MR) is 53.2 cm³/mol.